The van der Waals surface area contributed by atoms with Crippen LogP contribution in [0.25, 0.3) is 33.2 Å². The van der Waals surface area contributed by atoms with Crippen LogP contribution in [-0.4, -0.2) is 39.0 Å². The number of fused-ring (bicyclic) bond motifs is 3. The van der Waals surface area contributed by atoms with Crippen molar-refractivity contribution >= 4 is 33.7 Å². The summed E-state index contributed by atoms with van der Waals surface area (Å²) in [6.07, 6.45) is 6.93. The van der Waals surface area contributed by atoms with Gasteiger partial charge in [-0.25, -0.2) is 13.6 Å². The molecule has 0 N–H and O–H groups in total. The molecule has 1 aliphatic heterocycles. The minimum atomic E-state index is -0.936. The topological polar surface area (TPSA) is 74.3 Å². The highest BCUT2D eigenvalue weighted by Crippen LogP contribution is 2.34. The van der Waals surface area contributed by atoms with Crippen molar-refractivity contribution in [2.45, 2.75) is 0 Å². The SMILES string of the molecule is COc1cc2ncc3c(c2cc1C1=CCN=C1)n(-c1c(F)cncc1F)c(=O)n3C. The van der Waals surface area contributed by atoms with Crippen LogP contribution in [0.15, 0.2) is 46.6 Å². The second-order valence-corrected chi connectivity index (χ2v) is 6.84. The molecule has 9 heteroatoms. The molecule has 0 saturated heterocycles. The van der Waals surface area contributed by atoms with Gasteiger partial charge in [0, 0.05) is 35.9 Å². The molecule has 1 aliphatic rings. The fourth-order valence-electron chi connectivity index (χ4n) is 3.78. The summed E-state index contributed by atoms with van der Waals surface area (Å²) >= 11 is 0. The Morgan fingerprint density at radius 3 is 2.57 bits per heavy atom. The van der Waals surface area contributed by atoms with Crippen LogP contribution in [0.4, 0.5) is 8.78 Å². The maximum Gasteiger partial charge on any atom is 0.333 e. The highest BCUT2D eigenvalue weighted by Gasteiger charge is 2.23. The molecule has 4 heterocycles. The Morgan fingerprint density at radius 1 is 1.13 bits per heavy atom. The monoisotopic (exact) mass is 407 g/mol. The zero-order valence-electron chi connectivity index (χ0n) is 16.1. The van der Waals surface area contributed by atoms with Gasteiger partial charge in [-0.05, 0) is 6.07 Å². The number of ether oxygens (including phenoxy) is 1. The lowest BCUT2D eigenvalue weighted by atomic mass is 10.0. The summed E-state index contributed by atoms with van der Waals surface area (Å²) in [6, 6.07) is 3.54. The van der Waals surface area contributed by atoms with E-state index in [9.17, 15) is 13.6 Å². The predicted octanol–water partition coefficient (Wildman–Crippen LogP) is 3.03. The number of imidazole rings is 1. The molecule has 3 aromatic heterocycles. The molecular weight excluding hydrogens is 392 g/mol. The molecule has 7 nitrogen and oxygen atoms in total. The molecule has 0 aliphatic carbocycles. The predicted molar refractivity (Wildman–Crippen MR) is 109 cm³/mol. The molecule has 0 fully saturated rings. The molecule has 1 aromatic carbocycles. The molecule has 5 rings (SSSR count). The lowest BCUT2D eigenvalue weighted by Gasteiger charge is -2.12. The van der Waals surface area contributed by atoms with Crippen LogP contribution in [0.3, 0.4) is 0 Å². The van der Waals surface area contributed by atoms with Crippen LogP contribution in [0.1, 0.15) is 5.56 Å². The van der Waals surface area contributed by atoms with Gasteiger partial charge in [0.25, 0.3) is 0 Å². The van der Waals surface area contributed by atoms with Gasteiger partial charge < -0.3 is 4.74 Å². The highest BCUT2D eigenvalue weighted by molar-refractivity contribution is 6.15. The maximum atomic E-state index is 14.6. The van der Waals surface area contributed by atoms with Gasteiger partial charge in [-0.15, -0.1) is 0 Å². The third kappa shape index (κ3) is 2.48. The standard InChI is InChI=1S/C21H15F2N5O2/c1-27-17-10-26-16-6-18(30-2)12(11-3-4-24-7-11)5-13(16)19(17)28(21(27)29)20-14(22)8-25-9-15(20)23/h3,5-10H,4H2,1-2H3. The molecule has 0 spiro atoms. The van der Waals surface area contributed by atoms with E-state index in [0.29, 0.717) is 34.2 Å². The van der Waals surface area contributed by atoms with Crippen LogP contribution in [-0.2, 0) is 7.05 Å². The zero-order chi connectivity index (χ0) is 21.0. The van der Waals surface area contributed by atoms with Crippen LogP contribution in [0.2, 0.25) is 0 Å². The van der Waals surface area contributed by atoms with Crippen molar-refractivity contribution in [1.29, 1.82) is 0 Å². The summed E-state index contributed by atoms with van der Waals surface area (Å²) in [6.45, 7) is 0.558. The van der Waals surface area contributed by atoms with Gasteiger partial charge in [-0.3, -0.25) is 24.1 Å². The molecule has 0 saturated carbocycles. The van der Waals surface area contributed by atoms with Crippen molar-refractivity contribution in [2.75, 3.05) is 13.7 Å². The average molecular weight is 407 g/mol. The minimum Gasteiger partial charge on any atom is -0.496 e. The van der Waals surface area contributed by atoms with E-state index in [4.69, 9.17) is 4.74 Å². The number of aromatic nitrogens is 4. The smallest absolute Gasteiger partial charge is 0.333 e. The molecule has 0 unspecified atom stereocenters. The Labute approximate surface area is 168 Å². The van der Waals surface area contributed by atoms with Gasteiger partial charge in [0.2, 0.25) is 0 Å². The number of pyridine rings is 2. The van der Waals surface area contributed by atoms with E-state index in [1.807, 2.05) is 6.08 Å². The van der Waals surface area contributed by atoms with Gasteiger partial charge in [0.05, 0.1) is 48.8 Å². The van der Waals surface area contributed by atoms with E-state index in [1.54, 1.807) is 25.5 Å². The average Bonchev–Trinajstić information content (AvgIpc) is 3.36. The van der Waals surface area contributed by atoms with Crippen molar-refractivity contribution in [2.24, 2.45) is 12.0 Å². The van der Waals surface area contributed by atoms with Gasteiger partial charge in [-0.2, -0.15) is 0 Å². The molecule has 4 aromatic rings. The van der Waals surface area contributed by atoms with Gasteiger partial charge in [0.15, 0.2) is 11.6 Å². The number of methoxy groups -OCH3 is 1. The summed E-state index contributed by atoms with van der Waals surface area (Å²) in [5, 5.41) is 0.554. The molecule has 0 bridgehead atoms. The quantitative estimate of drug-likeness (QED) is 0.523. The third-order valence-corrected chi connectivity index (χ3v) is 5.21. The van der Waals surface area contributed by atoms with Crippen molar-refractivity contribution < 1.29 is 13.5 Å². The van der Waals surface area contributed by atoms with Gasteiger partial charge in [0.1, 0.15) is 11.4 Å². The van der Waals surface area contributed by atoms with E-state index in [0.717, 1.165) is 28.1 Å². The first-order chi connectivity index (χ1) is 14.5. The summed E-state index contributed by atoms with van der Waals surface area (Å²) < 4.78 is 37.0. The zero-order valence-corrected chi connectivity index (χ0v) is 16.1. The normalized spacial score (nSPS) is 13.4. The number of hydrogen-bond acceptors (Lipinski definition) is 5. The van der Waals surface area contributed by atoms with E-state index in [2.05, 4.69) is 15.0 Å². The number of halogens is 2. The number of nitrogens with zero attached hydrogens (tertiary/aromatic N) is 5. The van der Waals surface area contributed by atoms with E-state index in [-0.39, 0.29) is 0 Å². The molecule has 150 valence electrons. The summed E-state index contributed by atoms with van der Waals surface area (Å²) in [5.41, 5.74) is 1.84. The first-order valence-corrected chi connectivity index (χ1v) is 9.09. The van der Waals surface area contributed by atoms with Crippen molar-refractivity contribution in [3.05, 3.63) is 64.5 Å². The van der Waals surface area contributed by atoms with E-state index in [1.165, 1.54) is 17.8 Å². The number of rotatable bonds is 3. The Morgan fingerprint density at radius 2 is 1.90 bits per heavy atom. The first-order valence-electron chi connectivity index (χ1n) is 9.09. The maximum absolute atomic E-state index is 14.6. The molecule has 0 atom stereocenters. The number of aryl methyl sites for hydroxylation is 1. The number of aliphatic imine (C=N–C) groups is 1. The van der Waals surface area contributed by atoms with Gasteiger partial charge in [-0.1, -0.05) is 6.08 Å². The fourth-order valence-corrected chi connectivity index (χ4v) is 3.78. The molecule has 30 heavy (non-hydrogen) atoms. The second kappa shape index (κ2) is 6.58. The fraction of sp³-hybridized carbons (Fsp3) is 0.143. The summed E-state index contributed by atoms with van der Waals surface area (Å²) in [4.78, 5) is 25.1. The van der Waals surface area contributed by atoms with Gasteiger partial charge >= 0.3 is 5.69 Å². The summed E-state index contributed by atoms with van der Waals surface area (Å²) in [7, 11) is 3.08. The Hall–Kier alpha value is -3.88. The Balaban J connectivity index is 1.97. The van der Waals surface area contributed by atoms with Crippen molar-refractivity contribution in [1.82, 2.24) is 19.1 Å². The van der Waals surface area contributed by atoms with E-state index < -0.39 is 23.0 Å². The van der Waals surface area contributed by atoms with Crippen molar-refractivity contribution in [3.8, 4) is 11.4 Å². The number of allylic oxidation sites excluding steroid dienone is 1. The Bertz CT molecular complexity index is 1450. The lowest BCUT2D eigenvalue weighted by Crippen LogP contribution is -2.22. The third-order valence-electron chi connectivity index (χ3n) is 5.21. The van der Waals surface area contributed by atoms with Crippen LogP contribution < -0.4 is 10.4 Å². The Kier molecular flexibility index (Phi) is 3.99. The lowest BCUT2D eigenvalue weighted by molar-refractivity contribution is 0.414. The molecule has 0 radical (unpaired) electrons. The van der Waals surface area contributed by atoms with Crippen molar-refractivity contribution in [3.63, 3.8) is 0 Å². The highest BCUT2D eigenvalue weighted by atomic mass is 19.1. The first kappa shape index (κ1) is 18.2. The largest absolute Gasteiger partial charge is 0.496 e. The number of benzene rings is 1. The van der Waals surface area contributed by atoms with Crippen LogP contribution >= 0.6 is 0 Å². The second-order valence-electron chi connectivity index (χ2n) is 6.84. The van der Waals surface area contributed by atoms with Crippen LogP contribution in [0.5, 0.6) is 5.75 Å². The number of hydrogen-bond donors (Lipinski definition) is 0. The minimum absolute atomic E-state index is 0.343. The van der Waals surface area contributed by atoms with Crippen LogP contribution in [0, 0.1) is 11.6 Å². The molecular formula is C21H15F2N5O2. The van der Waals surface area contributed by atoms with E-state index >= 15 is 0 Å². The molecule has 0 amide bonds. The summed E-state index contributed by atoms with van der Waals surface area (Å²) in [5.74, 6) is -1.29.